The van der Waals surface area contributed by atoms with E-state index in [0.717, 1.165) is 42.9 Å². The van der Waals surface area contributed by atoms with E-state index in [1.807, 2.05) is 0 Å². The van der Waals surface area contributed by atoms with Crippen LogP contribution in [-0.2, 0) is 0 Å². The van der Waals surface area contributed by atoms with Gasteiger partial charge in [-0.05, 0) is 46.1 Å². The average molecular weight is 401 g/mol. The summed E-state index contributed by atoms with van der Waals surface area (Å²) in [7, 11) is 1.71. The number of nitrogens with zero attached hydrogens (tertiary/aromatic N) is 2. The van der Waals surface area contributed by atoms with Crippen molar-refractivity contribution < 1.29 is 4.74 Å². The highest BCUT2D eigenvalue weighted by atomic mass is 79.9. The highest BCUT2D eigenvalue weighted by Crippen LogP contribution is 2.30. The molecule has 132 valence electrons. The summed E-state index contributed by atoms with van der Waals surface area (Å²) in [6.45, 7) is 7.41. The van der Waals surface area contributed by atoms with Crippen LogP contribution in [0.25, 0.3) is 6.08 Å². The molecule has 0 atom stereocenters. The van der Waals surface area contributed by atoms with Crippen molar-refractivity contribution in [2.45, 2.75) is 6.92 Å². The monoisotopic (exact) mass is 400 g/mol. The van der Waals surface area contributed by atoms with Crippen LogP contribution in [0.3, 0.4) is 0 Å². The third-order valence-corrected chi connectivity index (χ3v) is 5.38. The molecule has 2 aromatic rings. The number of hydrogen-bond donors (Lipinski definition) is 0. The molecule has 3 rings (SSSR count). The van der Waals surface area contributed by atoms with Crippen LogP contribution in [0.5, 0.6) is 5.75 Å². The van der Waals surface area contributed by atoms with Crippen molar-refractivity contribution in [2.75, 3.05) is 44.7 Å². The molecule has 3 nitrogen and oxygen atoms in total. The van der Waals surface area contributed by atoms with E-state index in [9.17, 15) is 0 Å². The quantitative estimate of drug-likeness (QED) is 0.728. The normalized spacial score (nSPS) is 15.7. The fraction of sp³-hybridized carbons (Fsp3) is 0.333. The Morgan fingerprint density at radius 2 is 1.84 bits per heavy atom. The fourth-order valence-electron chi connectivity index (χ4n) is 3.14. The molecule has 1 aliphatic rings. The first kappa shape index (κ1) is 18.0. The Labute approximate surface area is 159 Å². The molecule has 0 amide bonds. The Hall–Kier alpha value is -1.78. The maximum absolute atomic E-state index is 5.41. The fourth-order valence-corrected chi connectivity index (χ4v) is 3.54. The lowest BCUT2D eigenvalue weighted by molar-refractivity contribution is 0.284. The SMILES string of the molecule is COc1cc(N2CCN(CC=Cc3ccccc3C)CC2)ccc1Br. The van der Waals surface area contributed by atoms with E-state index >= 15 is 0 Å². The van der Waals surface area contributed by atoms with E-state index in [2.05, 4.69) is 87.3 Å². The minimum absolute atomic E-state index is 0.890. The Bertz CT molecular complexity index is 736. The van der Waals surface area contributed by atoms with Gasteiger partial charge in [0, 0.05) is 44.5 Å². The number of methoxy groups -OCH3 is 1. The zero-order chi connectivity index (χ0) is 17.6. The van der Waals surface area contributed by atoms with Crippen molar-refractivity contribution in [3.63, 3.8) is 0 Å². The summed E-state index contributed by atoms with van der Waals surface area (Å²) in [5.74, 6) is 0.890. The summed E-state index contributed by atoms with van der Waals surface area (Å²) in [6, 6.07) is 14.8. The lowest BCUT2D eigenvalue weighted by atomic mass is 10.1. The molecule has 0 radical (unpaired) electrons. The van der Waals surface area contributed by atoms with Crippen molar-refractivity contribution in [1.82, 2.24) is 4.90 Å². The van der Waals surface area contributed by atoms with Crippen molar-refractivity contribution in [1.29, 1.82) is 0 Å². The minimum Gasteiger partial charge on any atom is -0.495 e. The number of piperazine rings is 1. The number of benzene rings is 2. The molecule has 0 unspecified atom stereocenters. The van der Waals surface area contributed by atoms with Crippen molar-refractivity contribution in [3.8, 4) is 5.75 Å². The number of rotatable bonds is 5. The molecule has 0 bridgehead atoms. The second-order valence-electron chi connectivity index (χ2n) is 6.37. The Morgan fingerprint density at radius 3 is 2.56 bits per heavy atom. The van der Waals surface area contributed by atoms with E-state index in [4.69, 9.17) is 4.74 Å². The number of hydrogen-bond acceptors (Lipinski definition) is 3. The molecule has 0 spiro atoms. The number of halogens is 1. The number of anilines is 1. The summed E-state index contributed by atoms with van der Waals surface area (Å²) in [6.07, 6.45) is 4.52. The Morgan fingerprint density at radius 1 is 1.08 bits per heavy atom. The molecule has 0 saturated carbocycles. The molecular formula is C21H25BrN2O. The van der Waals surface area contributed by atoms with E-state index in [-0.39, 0.29) is 0 Å². The molecule has 1 saturated heterocycles. The predicted molar refractivity (Wildman–Crippen MR) is 110 cm³/mol. The second-order valence-corrected chi connectivity index (χ2v) is 7.22. The van der Waals surface area contributed by atoms with Crippen molar-refractivity contribution in [3.05, 3.63) is 64.1 Å². The van der Waals surface area contributed by atoms with Gasteiger partial charge in [-0.1, -0.05) is 36.4 Å². The zero-order valence-electron chi connectivity index (χ0n) is 14.9. The molecular weight excluding hydrogens is 376 g/mol. The van der Waals surface area contributed by atoms with Crippen LogP contribution in [0.2, 0.25) is 0 Å². The van der Waals surface area contributed by atoms with Gasteiger partial charge < -0.3 is 9.64 Å². The topological polar surface area (TPSA) is 15.7 Å². The van der Waals surface area contributed by atoms with Gasteiger partial charge in [0.25, 0.3) is 0 Å². The van der Waals surface area contributed by atoms with Crippen molar-refractivity contribution >= 4 is 27.7 Å². The maximum Gasteiger partial charge on any atom is 0.135 e. The lowest BCUT2D eigenvalue weighted by Gasteiger charge is -2.35. The van der Waals surface area contributed by atoms with Crippen LogP contribution in [0.1, 0.15) is 11.1 Å². The van der Waals surface area contributed by atoms with Gasteiger partial charge in [0.05, 0.1) is 11.6 Å². The standard InChI is InChI=1S/C21H25BrN2O/c1-17-6-3-4-7-18(17)8-5-11-23-12-14-24(15-13-23)19-9-10-20(22)21(16-19)25-2/h3-10,16H,11-15H2,1-2H3. The van der Waals surface area contributed by atoms with Gasteiger partial charge in [0.1, 0.15) is 5.75 Å². The van der Waals surface area contributed by atoms with E-state index < -0.39 is 0 Å². The molecule has 1 heterocycles. The average Bonchev–Trinajstić information content (AvgIpc) is 2.64. The van der Waals surface area contributed by atoms with Gasteiger partial charge in [-0.15, -0.1) is 0 Å². The highest BCUT2D eigenvalue weighted by Gasteiger charge is 2.17. The Balaban J connectivity index is 1.53. The van der Waals surface area contributed by atoms with Gasteiger partial charge in [-0.2, -0.15) is 0 Å². The van der Waals surface area contributed by atoms with E-state index in [1.54, 1.807) is 7.11 Å². The Kier molecular flexibility index (Phi) is 6.16. The smallest absolute Gasteiger partial charge is 0.135 e. The van der Waals surface area contributed by atoms with Gasteiger partial charge in [-0.3, -0.25) is 4.90 Å². The first-order valence-corrected chi connectivity index (χ1v) is 9.49. The maximum atomic E-state index is 5.41. The van der Waals surface area contributed by atoms with E-state index in [1.165, 1.54) is 16.8 Å². The first-order valence-electron chi connectivity index (χ1n) is 8.70. The summed E-state index contributed by atoms with van der Waals surface area (Å²) in [5.41, 5.74) is 3.87. The summed E-state index contributed by atoms with van der Waals surface area (Å²) in [4.78, 5) is 4.93. The van der Waals surface area contributed by atoms with E-state index in [0.29, 0.717) is 0 Å². The zero-order valence-corrected chi connectivity index (χ0v) is 16.5. The molecule has 0 N–H and O–H groups in total. The third kappa shape index (κ3) is 4.65. The largest absolute Gasteiger partial charge is 0.495 e. The molecule has 1 aliphatic heterocycles. The second kappa shape index (κ2) is 8.54. The van der Waals surface area contributed by atoms with Crippen LogP contribution in [0, 0.1) is 6.92 Å². The number of aryl methyl sites for hydroxylation is 1. The van der Waals surface area contributed by atoms with Gasteiger partial charge in [0.15, 0.2) is 0 Å². The predicted octanol–water partition coefficient (Wildman–Crippen LogP) is 4.60. The van der Waals surface area contributed by atoms with Gasteiger partial charge >= 0.3 is 0 Å². The molecule has 2 aromatic carbocycles. The summed E-state index contributed by atoms with van der Waals surface area (Å²) < 4.78 is 6.41. The van der Waals surface area contributed by atoms with Crippen LogP contribution in [0.15, 0.2) is 53.0 Å². The number of ether oxygens (including phenoxy) is 1. The van der Waals surface area contributed by atoms with Crippen LogP contribution in [-0.4, -0.2) is 44.7 Å². The molecule has 4 heteroatoms. The third-order valence-electron chi connectivity index (χ3n) is 4.72. The first-order chi connectivity index (χ1) is 12.2. The van der Waals surface area contributed by atoms with Crippen LogP contribution >= 0.6 is 15.9 Å². The molecule has 25 heavy (non-hydrogen) atoms. The van der Waals surface area contributed by atoms with Gasteiger partial charge in [-0.25, -0.2) is 0 Å². The molecule has 1 fully saturated rings. The van der Waals surface area contributed by atoms with Crippen molar-refractivity contribution in [2.24, 2.45) is 0 Å². The minimum atomic E-state index is 0.890. The lowest BCUT2D eigenvalue weighted by Crippen LogP contribution is -2.46. The van der Waals surface area contributed by atoms with Crippen LogP contribution < -0.4 is 9.64 Å². The highest BCUT2D eigenvalue weighted by molar-refractivity contribution is 9.10. The summed E-state index contributed by atoms with van der Waals surface area (Å²) in [5, 5.41) is 0. The van der Waals surface area contributed by atoms with Gasteiger partial charge in [0.2, 0.25) is 0 Å². The molecule has 0 aromatic heterocycles. The molecule has 0 aliphatic carbocycles. The summed E-state index contributed by atoms with van der Waals surface area (Å²) >= 11 is 3.52. The van der Waals surface area contributed by atoms with Crippen LogP contribution in [0.4, 0.5) is 5.69 Å².